The number of alkyl halides is 1. The first-order chi connectivity index (χ1) is 8.36. The van der Waals surface area contributed by atoms with Gasteiger partial charge in [0, 0.05) is 12.7 Å². The van der Waals surface area contributed by atoms with Crippen molar-refractivity contribution < 1.29 is 4.79 Å². The number of amides is 1. The number of halogens is 1. The first-order valence-electron chi connectivity index (χ1n) is 6.40. The van der Waals surface area contributed by atoms with E-state index in [4.69, 9.17) is 11.6 Å². The first kappa shape index (κ1) is 13.4. The largest absolute Gasteiger partial charge is 0.315 e. The van der Waals surface area contributed by atoms with Crippen molar-refractivity contribution in [3.05, 3.63) is 29.3 Å². The highest BCUT2D eigenvalue weighted by molar-refractivity contribution is 6.21. The van der Waals surface area contributed by atoms with E-state index in [2.05, 4.69) is 26.8 Å². The molecule has 98 valence electrons. The van der Waals surface area contributed by atoms with Gasteiger partial charge in [-0.2, -0.15) is 0 Å². The fraction of sp³-hybridized carbons (Fsp3) is 0.533. The van der Waals surface area contributed by atoms with Crippen LogP contribution in [0.25, 0.3) is 0 Å². The molecule has 0 bridgehead atoms. The summed E-state index contributed by atoms with van der Waals surface area (Å²) in [5.74, 6) is 0.156. The average molecular weight is 266 g/mol. The molecule has 0 spiro atoms. The van der Waals surface area contributed by atoms with E-state index in [1.54, 1.807) is 4.90 Å². The van der Waals surface area contributed by atoms with Crippen LogP contribution in [0.4, 0.5) is 5.69 Å². The fourth-order valence-corrected chi connectivity index (χ4v) is 2.57. The lowest BCUT2D eigenvalue weighted by atomic mass is 9.82. The van der Waals surface area contributed by atoms with E-state index in [1.807, 2.05) is 19.2 Å². The third-order valence-corrected chi connectivity index (χ3v) is 4.91. The van der Waals surface area contributed by atoms with E-state index in [0.717, 1.165) is 23.2 Å². The lowest BCUT2D eigenvalue weighted by Gasteiger charge is -2.29. The van der Waals surface area contributed by atoms with Crippen LogP contribution in [0.5, 0.6) is 0 Å². The van der Waals surface area contributed by atoms with E-state index in [1.165, 1.54) is 0 Å². The van der Waals surface area contributed by atoms with Gasteiger partial charge in [-0.05, 0) is 29.0 Å². The van der Waals surface area contributed by atoms with Gasteiger partial charge in [0.1, 0.15) is 0 Å². The summed E-state index contributed by atoms with van der Waals surface area (Å²) in [6, 6.07) is 6.14. The van der Waals surface area contributed by atoms with Gasteiger partial charge in [-0.25, -0.2) is 0 Å². The molecule has 1 atom stereocenters. The first-order valence-corrected chi connectivity index (χ1v) is 6.84. The van der Waals surface area contributed by atoms with Crippen LogP contribution in [0.15, 0.2) is 18.2 Å². The normalized spacial score (nSPS) is 16.9. The molecule has 1 aliphatic heterocycles. The van der Waals surface area contributed by atoms with E-state index < -0.39 is 0 Å². The molecule has 0 aliphatic carbocycles. The predicted molar refractivity (Wildman–Crippen MR) is 76.2 cm³/mol. The molecule has 1 unspecified atom stereocenters. The Labute approximate surface area is 114 Å². The number of fused-ring (bicyclic) bond motifs is 1. The summed E-state index contributed by atoms with van der Waals surface area (Å²) in [4.78, 5) is 13.4. The summed E-state index contributed by atoms with van der Waals surface area (Å²) in [7, 11) is 1.82. The summed E-state index contributed by atoms with van der Waals surface area (Å²) in [6.45, 7) is 6.50. The predicted octanol–water partition coefficient (Wildman–Crippen LogP) is 3.92. The molecule has 1 aromatic rings. The van der Waals surface area contributed by atoms with Crippen LogP contribution in [0, 0.1) is 5.41 Å². The summed E-state index contributed by atoms with van der Waals surface area (Å²) in [6.07, 6.45) is 1.52. The molecule has 0 N–H and O–H groups in total. The van der Waals surface area contributed by atoms with Crippen molar-refractivity contribution >= 4 is 23.2 Å². The zero-order valence-corrected chi connectivity index (χ0v) is 12.2. The number of rotatable bonds is 3. The molecule has 18 heavy (non-hydrogen) atoms. The topological polar surface area (TPSA) is 20.3 Å². The van der Waals surface area contributed by atoms with Crippen LogP contribution in [0.2, 0.25) is 0 Å². The Kier molecular flexibility index (Phi) is 3.41. The lowest BCUT2D eigenvalue weighted by molar-refractivity contribution is -0.117. The van der Waals surface area contributed by atoms with Crippen molar-refractivity contribution in [1.82, 2.24) is 0 Å². The van der Waals surface area contributed by atoms with Crippen molar-refractivity contribution in [3.63, 3.8) is 0 Å². The van der Waals surface area contributed by atoms with Gasteiger partial charge in [0.05, 0.1) is 11.8 Å². The highest BCUT2D eigenvalue weighted by Crippen LogP contribution is 2.43. The van der Waals surface area contributed by atoms with Crippen LogP contribution >= 0.6 is 11.6 Å². The number of hydrogen-bond acceptors (Lipinski definition) is 1. The second kappa shape index (κ2) is 4.58. The monoisotopic (exact) mass is 265 g/mol. The van der Waals surface area contributed by atoms with E-state index in [0.29, 0.717) is 6.42 Å². The molecular weight excluding hydrogens is 246 g/mol. The summed E-state index contributed by atoms with van der Waals surface area (Å²) in [5, 5.41) is -0.0196. The van der Waals surface area contributed by atoms with E-state index in [-0.39, 0.29) is 16.7 Å². The van der Waals surface area contributed by atoms with Crippen molar-refractivity contribution in [3.8, 4) is 0 Å². The number of hydrogen-bond donors (Lipinski definition) is 0. The maximum atomic E-state index is 11.7. The fourth-order valence-electron chi connectivity index (χ4n) is 2.28. The van der Waals surface area contributed by atoms with Crippen LogP contribution in [-0.4, -0.2) is 13.0 Å². The molecule has 0 aromatic heterocycles. The maximum Gasteiger partial charge on any atom is 0.231 e. The molecule has 2 nitrogen and oxygen atoms in total. The summed E-state index contributed by atoms with van der Waals surface area (Å²) in [5.41, 5.74) is 3.29. The van der Waals surface area contributed by atoms with Crippen LogP contribution in [-0.2, 0) is 11.2 Å². The number of carbonyl (C=O) groups excluding carboxylic acids is 1. The van der Waals surface area contributed by atoms with Crippen LogP contribution in [0.3, 0.4) is 0 Å². The molecule has 2 rings (SSSR count). The van der Waals surface area contributed by atoms with Crippen molar-refractivity contribution in [1.29, 1.82) is 0 Å². The Balaban J connectivity index is 2.34. The van der Waals surface area contributed by atoms with Gasteiger partial charge < -0.3 is 4.90 Å². The Bertz CT molecular complexity index is 481. The summed E-state index contributed by atoms with van der Waals surface area (Å²) < 4.78 is 0. The molecule has 1 amide bonds. The minimum absolute atomic E-state index is 0.0196. The van der Waals surface area contributed by atoms with Gasteiger partial charge in [-0.1, -0.05) is 32.9 Å². The molecule has 1 aliphatic rings. The standard InChI is InChI=1S/C15H20ClNO/c1-5-15(2,3)14(16)10-6-7-12-11(8-10)9-13(18)17(12)4/h6-8,14H,5,9H2,1-4H3. The molecule has 0 saturated heterocycles. The molecule has 0 saturated carbocycles. The third-order valence-electron chi connectivity index (χ3n) is 4.07. The minimum atomic E-state index is -0.0196. The molecule has 0 fully saturated rings. The Morgan fingerprint density at radius 3 is 2.72 bits per heavy atom. The smallest absolute Gasteiger partial charge is 0.231 e. The van der Waals surface area contributed by atoms with Gasteiger partial charge in [0.15, 0.2) is 0 Å². The zero-order chi connectivity index (χ0) is 13.5. The van der Waals surface area contributed by atoms with E-state index >= 15 is 0 Å². The highest BCUT2D eigenvalue weighted by Gasteiger charge is 2.30. The Morgan fingerprint density at radius 2 is 2.11 bits per heavy atom. The molecule has 0 radical (unpaired) electrons. The van der Waals surface area contributed by atoms with Crippen molar-refractivity contribution in [2.24, 2.45) is 5.41 Å². The highest BCUT2D eigenvalue weighted by atomic mass is 35.5. The number of carbonyl (C=O) groups is 1. The third kappa shape index (κ3) is 2.14. The second-order valence-electron chi connectivity index (χ2n) is 5.72. The number of anilines is 1. The van der Waals surface area contributed by atoms with Crippen LogP contribution in [0.1, 0.15) is 43.7 Å². The minimum Gasteiger partial charge on any atom is -0.315 e. The average Bonchev–Trinajstić information content (AvgIpc) is 2.63. The maximum absolute atomic E-state index is 11.7. The molecule has 1 heterocycles. The van der Waals surface area contributed by atoms with Gasteiger partial charge in [0.25, 0.3) is 0 Å². The SMILES string of the molecule is CCC(C)(C)C(Cl)c1ccc2c(c1)CC(=O)N2C. The Hall–Kier alpha value is -1.02. The summed E-state index contributed by atoms with van der Waals surface area (Å²) >= 11 is 6.57. The van der Waals surface area contributed by atoms with Gasteiger partial charge >= 0.3 is 0 Å². The lowest BCUT2D eigenvalue weighted by Crippen LogP contribution is -2.20. The molecular formula is C15H20ClNO. The Morgan fingerprint density at radius 1 is 1.44 bits per heavy atom. The molecule has 1 aromatic carbocycles. The quantitative estimate of drug-likeness (QED) is 0.759. The van der Waals surface area contributed by atoms with E-state index in [9.17, 15) is 4.79 Å². The van der Waals surface area contributed by atoms with Gasteiger partial charge in [-0.15, -0.1) is 11.6 Å². The number of benzene rings is 1. The zero-order valence-electron chi connectivity index (χ0n) is 11.5. The van der Waals surface area contributed by atoms with Gasteiger partial charge in [0.2, 0.25) is 5.91 Å². The van der Waals surface area contributed by atoms with Crippen molar-refractivity contribution in [2.75, 3.05) is 11.9 Å². The van der Waals surface area contributed by atoms with Crippen LogP contribution < -0.4 is 4.90 Å². The molecule has 3 heteroatoms. The number of likely N-dealkylation sites (N-methyl/N-ethyl adjacent to an activating group) is 1. The number of nitrogens with zero attached hydrogens (tertiary/aromatic N) is 1. The van der Waals surface area contributed by atoms with Crippen molar-refractivity contribution in [2.45, 2.75) is 39.0 Å². The second-order valence-corrected chi connectivity index (χ2v) is 6.16. The van der Waals surface area contributed by atoms with Gasteiger partial charge in [-0.3, -0.25) is 4.79 Å².